The van der Waals surface area contributed by atoms with Crippen LogP contribution in [0, 0.1) is 12.7 Å². The number of nitrogens with two attached hydrogens (primary N) is 1. The molecule has 3 nitrogen and oxygen atoms in total. The Morgan fingerprint density at radius 2 is 1.79 bits per heavy atom. The molecule has 2 aromatic rings. The number of hydrogen-bond donors (Lipinski definition) is 3. The summed E-state index contributed by atoms with van der Waals surface area (Å²) in [4.78, 5) is 0. The number of phenolic OH excluding ortho intramolecular Hbond substituents is 1. The zero-order valence-corrected chi connectivity index (χ0v) is 14.8. The number of aliphatic hydroxyl groups is 1. The molecule has 5 heteroatoms. The number of aliphatic hydroxyl groups excluding tert-OH is 1. The Morgan fingerprint density at radius 1 is 1.12 bits per heavy atom. The van der Waals surface area contributed by atoms with Gasteiger partial charge in [-0.1, -0.05) is 18.2 Å². The van der Waals surface area contributed by atoms with Crippen LogP contribution in [0.2, 0.25) is 0 Å². The summed E-state index contributed by atoms with van der Waals surface area (Å²) in [6.07, 6.45) is 1.30. The molecule has 0 heterocycles. The Hall–Kier alpha value is -1.62. The highest BCUT2D eigenvalue weighted by molar-refractivity contribution is 5.36. The average Bonchev–Trinajstić information content (AvgIpc) is 2.55. The highest BCUT2D eigenvalue weighted by atomic mass is 35.5. The Balaban J connectivity index is 0.00000288. The van der Waals surface area contributed by atoms with Crippen LogP contribution in [0.3, 0.4) is 0 Å². The van der Waals surface area contributed by atoms with E-state index >= 15 is 0 Å². The fourth-order valence-electron chi connectivity index (χ4n) is 2.63. The summed E-state index contributed by atoms with van der Waals surface area (Å²) in [5.41, 5.74) is 2.72. The summed E-state index contributed by atoms with van der Waals surface area (Å²) in [5, 5.41) is 22.1. The lowest BCUT2D eigenvalue weighted by molar-refractivity contribution is -0.694. The molecule has 0 saturated carbocycles. The molecule has 0 saturated heterocycles. The molecular formula is C19H25ClFNO2. The van der Waals surface area contributed by atoms with E-state index in [1.807, 2.05) is 32.0 Å². The molecule has 0 spiro atoms. The molecule has 2 atom stereocenters. The summed E-state index contributed by atoms with van der Waals surface area (Å²) in [7, 11) is 0. The average molecular weight is 354 g/mol. The van der Waals surface area contributed by atoms with Crippen molar-refractivity contribution in [1.29, 1.82) is 0 Å². The van der Waals surface area contributed by atoms with Crippen LogP contribution in [0.15, 0.2) is 42.5 Å². The van der Waals surface area contributed by atoms with Gasteiger partial charge in [-0.15, -0.1) is 0 Å². The molecular weight excluding hydrogens is 329 g/mol. The van der Waals surface area contributed by atoms with Crippen molar-refractivity contribution < 1.29 is 32.3 Å². The topological polar surface area (TPSA) is 57.1 Å². The van der Waals surface area contributed by atoms with Crippen LogP contribution in [0.4, 0.5) is 4.39 Å². The first kappa shape index (κ1) is 20.4. The van der Waals surface area contributed by atoms with Crippen molar-refractivity contribution in [2.24, 2.45) is 0 Å². The number of aryl methyl sites for hydroxylation is 2. The maximum atomic E-state index is 12.8. The minimum absolute atomic E-state index is 0. The molecule has 24 heavy (non-hydrogen) atoms. The summed E-state index contributed by atoms with van der Waals surface area (Å²) < 4.78 is 12.8. The van der Waals surface area contributed by atoms with Crippen LogP contribution in [0.1, 0.15) is 36.1 Å². The smallest absolute Gasteiger partial charge is 0.130 e. The third-order valence-corrected chi connectivity index (χ3v) is 4.18. The first-order valence-electron chi connectivity index (χ1n) is 8.02. The maximum absolute atomic E-state index is 12.8. The SMILES string of the molecule is Cc1cc(C(O)C(C)[NH2+]CCCc2ccc(F)cc2)ccc1O.[Cl-]. The Bertz CT molecular complexity index is 634. The van der Waals surface area contributed by atoms with Gasteiger partial charge in [0.05, 0.1) is 6.54 Å². The van der Waals surface area contributed by atoms with Gasteiger partial charge >= 0.3 is 0 Å². The van der Waals surface area contributed by atoms with Gasteiger partial charge in [-0.3, -0.25) is 0 Å². The van der Waals surface area contributed by atoms with Gasteiger partial charge in [0.15, 0.2) is 0 Å². The number of aromatic hydroxyl groups is 1. The van der Waals surface area contributed by atoms with Gasteiger partial charge < -0.3 is 27.9 Å². The predicted molar refractivity (Wildman–Crippen MR) is 88.8 cm³/mol. The number of phenols is 1. The molecule has 0 amide bonds. The molecule has 0 bridgehead atoms. The zero-order valence-electron chi connectivity index (χ0n) is 14.0. The second kappa shape index (κ2) is 9.62. The quantitative estimate of drug-likeness (QED) is 0.586. The third kappa shape index (κ3) is 5.78. The minimum Gasteiger partial charge on any atom is -1.00 e. The lowest BCUT2D eigenvalue weighted by Gasteiger charge is -2.18. The Morgan fingerprint density at radius 3 is 2.42 bits per heavy atom. The molecule has 0 aliphatic carbocycles. The lowest BCUT2D eigenvalue weighted by Crippen LogP contribution is -3.00. The van der Waals surface area contributed by atoms with Crippen LogP contribution < -0.4 is 17.7 Å². The molecule has 4 N–H and O–H groups in total. The summed E-state index contributed by atoms with van der Waals surface area (Å²) >= 11 is 0. The Kier molecular flexibility index (Phi) is 8.19. The number of quaternary nitrogens is 1. The molecule has 2 aromatic carbocycles. The van der Waals surface area contributed by atoms with Crippen molar-refractivity contribution in [2.45, 2.75) is 38.8 Å². The van der Waals surface area contributed by atoms with E-state index in [4.69, 9.17) is 0 Å². The van der Waals surface area contributed by atoms with Crippen LogP contribution >= 0.6 is 0 Å². The van der Waals surface area contributed by atoms with Gasteiger partial charge in [0.2, 0.25) is 0 Å². The highest BCUT2D eigenvalue weighted by Crippen LogP contribution is 2.22. The van der Waals surface area contributed by atoms with Crippen molar-refractivity contribution in [3.8, 4) is 5.75 Å². The van der Waals surface area contributed by atoms with Crippen LogP contribution in [-0.4, -0.2) is 22.8 Å². The van der Waals surface area contributed by atoms with Crippen LogP contribution in [0.5, 0.6) is 5.75 Å². The minimum atomic E-state index is -0.569. The van der Waals surface area contributed by atoms with Gasteiger partial charge in [-0.25, -0.2) is 4.39 Å². The molecule has 2 unspecified atom stereocenters. The second-order valence-corrected chi connectivity index (χ2v) is 6.10. The normalized spacial score (nSPS) is 13.2. The molecule has 0 radical (unpaired) electrons. The predicted octanol–water partition coefficient (Wildman–Crippen LogP) is -0.538. The largest absolute Gasteiger partial charge is 1.00 e. The van der Waals surface area contributed by atoms with E-state index < -0.39 is 6.10 Å². The molecule has 0 aliphatic rings. The fourth-order valence-corrected chi connectivity index (χ4v) is 2.63. The van der Waals surface area contributed by atoms with Crippen molar-refractivity contribution in [1.82, 2.24) is 0 Å². The number of rotatable bonds is 7. The van der Waals surface area contributed by atoms with Gasteiger partial charge in [0, 0.05) is 6.42 Å². The van der Waals surface area contributed by atoms with E-state index in [1.54, 1.807) is 12.1 Å². The van der Waals surface area contributed by atoms with Gasteiger partial charge in [0.25, 0.3) is 0 Å². The summed E-state index contributed by atoms with van der Waals surface area (Å²) in [5.74, 6) is 0.0399. The molecule has 0 aliphatic heterocycles. The summed E-state index contributed by atoms with van der Waals surface area (Å²) in [6.45, 7) is 4.71. The molecule has 132 valence electrons. The van der Waals surface area contributed by atoms with Gasteiger partial charge in [-0.2, -0.15) is 0 Å². The Labute approximate surface area is 149 Å². The van der Waals surface area contributed by atoms with Crippen molar-refractivity contribution in [2.75, 3.05) is 6.54 Å². The first-order chi connectivity index (χ1) is 11.0. The van der Waals surface area contributed by atoms with Crippen LogP contribution in [0.25, 0.3) is 0 Å². The molecule has 2 rings (SSSR count). The monoisotopic (exact) mass is 353 g/mol. The first-order valence-corrected chi connectivity index (χ1v) is 8.02. The summed E-state index contributed by atoms with van der Waals surface area (Å²) in [6, 6.07) is 11.8. The number of hydrogen-bond acceptors (Lipinski definition) is 2. The highest BCUT2D eigenvalue weighted by Gasteiger charge is 2.19. The van der Waals surface area contributed by atoms with Crippen molar-refractivity contribution >= 4 is 0 Å². The van der Waals surface area contributed by atoms with Gasteiger partial charge in [0.1, 0.15) is 23.7 Å². The van der Waals surface area contributed by atoms with E-state index in [1.165, 1.54) is 12.1 Å². The van der Waals surface area contributed by atoms with E-state index in [2.05, 4.69) is 5.32 Å². The van der Waals surface area contributed by atoms with E-state index in [-0.39, 0.29) is 30.0 Å². The van der Waals surface area contributed by atoms with Gasteiger partial charge in [-0.05, 0) is 61.2 Å². The van der Waals surface area contributed by atoms with E-state index in [9.17, 15) is 14.6 Å². The lowest BCUT2D eigenvalue weighted by atomic mass is 10.0. The number of halogens is 2. The van der Waals surface area contributed by atoms with Crippen molar-refractivity contribution in [3.63, 3.8) is 0 Å². The third-order valence-electron chi connectivity index (χ3n) is 4.18. The maximum Gasteiger partial charge on any atom is 0.130 e. The fraction of sp³-hybridized carbons (Fsp3) is 0.368. The standard InChI is InChI=1S/C19H24FNO2.ClH/c1-13-12-16(7-10-18(13)22)19(23)14(2)21-11-3-4-15-5-8-17(20)9-6-15;/h5-10,12,14,19,21-23H,3-4,11H2,1-2H3;1H. The second-order valence-electron chi connectivity index (χ2n) is 6.10. The van der Waals surface area contributed by atoms with Crippen LogP contribution in [-0.2, 0) is 6.42 Å². The number of benzene rings is 2. The molecule has 0 fully saturated rings. The van der Waals surface area contributed by atoms with E-state index in [0.717, 1.165) is 36.1 Å². The molecule has 0 aromatic heterocycles. The zero-order chi connectivity index (χ0) is 16.8. The van der Waals surface area contributed by atoms with Crippen molar-refractivity contribution in [3.05, 3.63) is 65.0 Å². The van der Waals surface area contributed by atoms with E-state index in [0.29, 0.717) is 0 Å².